The van der Waals surface area contributed by atoms with Crippen LogP contribution in [0.25, 0.3) is 21.9 Å². The number of likely N-dealkylation sites (tertiary alicyclic amines) is 1. The van der Waals surface area contributed by atoms with E-state index in [2.05, 4.69) is 47.1 Å². The molecule has 0 bridgehead atoms. The Morgan fingerprint density at radius 2 is 1.88 bits per heavy atom. The van der Waals surface area contributed by atoms with Gasteiger partial charge in [-0.05, 0) is 67.1 Å². The number of nitrogens with zero attached hydrogens (tertiary/aromatic N) is 3. The van der Waals surface area contributed by atoms with Crippen molar-refractivity contribution in [3.8, 4) is 17.2 Å². The van der Waals surface area contributed by atoms with Gasteiger partial charge in [0.05, 0.1) is 11.6 Å². The second-order valence-corrected chi connectivity index (χ2v) is 7.20. The zero-order valence-corrected chi connectivity index (χ0v) is 15.2. The molecule has 26 heavy (non-hydrogen) atoms. The third-order valence-electron chi connectivity index (χ3n) is 5.47. The van der Waals surface area contributed by atoms with Crippen LogP contribution in [0, 0.1) is 11.3 Å². The fourth-order valence-electron chi connectivity index (χ4n) is 3.82. The van der Waals surface area contributed by atoms with Crippen molar-refractivity contribution in [1.29, 1.82) is 5.26 Å². The van der Waals surface area contributed by atoms with Gasteiger partial charge >= 0.3 is 0 Å². The maximum atomic E-state index is 8.93. The molecular formula is C23H23N3. The third-order valence-corrected chi connectivity index (χ3v) is 5.47. The Morgan fingerprint density at radius 3 is 2.62 bits per heavy atom. The minimum absolute atomic E-state index is 0.688. The second kappa shape index (κ2) is 7.27. The fraction of sp³-hybridized carbons (Fsp3) is 0.304. The summed E-state index contributed by atoms with van der Waals surface area (Å²) in [4.78, 5) is 7.25. The van der Waals surface area contributed by atoms with Gasteiger partial charge < -0.3 is 4.90 Å². The molecule has 0 saturated carbocycles. The van der Waals surface area contributed by atoms with Crippen LogP contribution in [-0.4, -0.2) is 29.0 Å². The molecule has 2 aromatic carbocycles. The fourth-order valence-corrected chi connectivity index (χ4v) is 3.82. The van der Waals surface area contributed by atoms with Crippen LogP contribution in [-0.2, 0) is 6.42 Å². The largest absolute Gasteiger partial charge is 0.300 e. The lowest BCUT2D eigenvalue weighted by atomic mass is 10.0. The number of aromatic nitrogens is 1. The van der Waals surface area contributed by atoms with Crippen LogP contribution in [0.15, 0.2) is 54.7 Å². The lowest BCUT2D eigenvalue weighted by Crippen LogP contribution is -2.29. The molecule has 4 rings (SSSR count). The predicted octanol–water partition coefficient (Wildman–Crippen LogP) is 4.80. The Hall–Kier alpha value is -2.70. The minimum atomic E-state index is 0.688. The average Bonchev–Trinajstić information content (AvgIpc) is 3.10. The maximum absolute atomic E-state index is 8.93. The molecule has 1 fully saturated rings. The van der Waals surface area contributed by atoms with Crippen molar-refractivity contribution in [1.82, 2.24) is 9.88 Å². The molecule has 0 N–H and O–H groups in total. The van der Waals surface area contributed by atoms with E-state index in [1.165, 1.54) is 30.5 Å². The summed E-state index contributed by atoms with van der Waals surface area (Å²) < 4.78 is 0. The van der Waals surface area contributed by atoms with Gasteiger partial charge in [-0.1, -0.05) is 24.3 Å². The Morgan fingerprint density at radius 1 is 1.08 bits per heavy atom. The van der Waals surface area contributed by atoms with Crippen molar-refractivity contribution in [3.05, 3.63) is 66.0 Å². The Bertz CT molecular complexity index is 953. The van der Waals surface area contributed by atoms with E-state index in [-0.39, 0.29) is 0 Å². The maximum Gasteiger partial charge on any atom is 0.0991 e. The summed E-state index contributed by atoms with van der Waals surface area (Å²) in [6.45, 7) is 4.65. The highest BCUT2D eigenvalue weighted by molar-refractivity contribution is 5.87. The molecule has 130 valence electrons. The quantitative estimate of drug-likeness (QED) is 0.684. The lowest BCUT2D eigenvalue weighted by molar-refractivity contribution is 0.271. The number of hydrogen-bond donors (Lipinski definition) is 0. The molecule has 3 nitrogen and oxygen atoms in total. The number of benzene rings is 2. The van der Waals surface area contributed by atoms with E-state index in [0.717, 1.165) is 29.5 Å². The van der Waals surface area contributed by atoms with Crippen molar-refractivity contribution in [2.75, 3.05) is 13.1 Å². The Balaban J connectivity index is 1.53. The van der Waals surface area contributed by atoms with Crippen LogP contribution in [0.5, 0.6) is 0 Å². The molecule has 0 amide bonds. The summed E-state index contributed by atoms with van der Waals surface area (Å²) in [7, 11) is 0. The van der Waals surface area contributed by atoms with Crippen molar-refractivity contribution in [2.45, 2.75) is 32.2 Å². The second-order valence-electron chi connectivity index (χ2n) is 7.20. The summed E-state index contributed by atoms with van der Waals surface area (Å²) in [5, 5.41) is 11.3. The monoisotopic (exact) mass is 341 g/mol. The molecule has 0 unspecified atom stereocenters. The van der Waals surface area contributed by atoms with E-state index in [1.54, 1.807) is 0 Å². The number of hydrogen-bond acceptors (Lipinski definition) is 3. The molecule has 0 aliphatic carbocycles. The molecule has 1 atom stereocenters. The SMILES string of the molecule is C[C@H]1CCCN1CCc1cc2ccc(-c3ccc(C#N)cc3)cc2cn1. The summed E-state index contributed by atoms with van der Waals surface area (Å²) in [6, 6.07) is 19.3. The van der Waals surface area contributed by atoms with Gasteiger partial charge in [0.15, 0.2) is 0 Å². The lowest BCUT2D eigenvalue weighted by Gasteiger charge is -2.20. The van der Waals surface area contributed by atoms with Gasteiger partial charge in [-0.2, -0.15) is 5.26 Å². The van der Waals surface area contributed by atoms with Crippen molar-refractivity contribution in [3.63, 3.8) is 0 Å². The number of rotatable bonds is 4. The molecule has 1 aliphatic heterocycles. The number of fused-ring (bicyclic) bond motifs is 1. The Labute approximate surface area is 154 Å². The minimum Gasteiger partial charge on any atom is -0.300 e. The molecule has 3 aromatic rings. The van der Waals surface area contributed by atoms with E-state index in [0.29, 0.717) is 11.6 Å². The smallest absolute Gasteiger partial charge is 0.0991 e. The number of nitriles is 1. The summed E-state index contributed by atoms with van der Waals surface area (Å²) in [5.74, 6) is 0. The van der Waals surface area contributed by atoms with E-state index >= 15 is 0 Å². The Kier molecular flexibility index (Phi) is 4.69. The predicted molar refractivity (Wildman–Crippen MR) is 106 cm³/mol. The van der Waals surface area contributed by atoms with Gasteiger partial charge in [-0.3, -0.25) is 4.98 Å². The van der Waals surface area contributed by atoms with Crippen LogP contribution in [0.1, 0.15) is 31.0 Å². The van der Waals surface area contributed by atoms with Crippen LogP contribution in [0.3, 0.4) is 0 Å². The molecule has 1 aliphatic rings. The first-order valence-electron chi connectivity index (χ1n) is 9.36. The van der Waals surface area contributed by atoms with Crippen LogP contribution < -0.4 is 0 Å². The topological polar surface area (TPSA) is 39.9 Å². The van der Waals surface area contributed by atoms with Crippen LogP contribution in [0.4, 0.5) is 0 Å². The molecule has 2 heterocycles. The van der Waals surface area contributed by atoms with Crippen molar-refractivity contribution >= 4 is 10.8 Å². The highest BCUT2D eigenvalue weighted by atomic mass is 15.2. The van der Waals surface area contributed by atoms with Gasteiger partial charge in [0.1, 0.15) is 0 Å². The zero-order valence-electron chi connectivity index (χ0n) is 15.2. The van der Waals surface area contributed by atoms with Gasteiger partial charge in [0, 0.05) is 36.3 Å². The highest BCUT2D eigenvalue weighted by Crippen LogP contribution is 2.25. The molecule has 1 saturated heterocycles. The van der Waals surface area contributed by atoms with Crippen LogP contribution in [0.2, 0.25) is 0 Å². The molecule has 0 spiro atoms. The van der Waals surface area contributed by atoms with E-state index in [9.17, 15) is 0 Å². The molecular weight excluding hydrogens is 318 g/mol. The zero-order chi connectivity index (χ0) is 17.9. The van der Waals surface area contributed by atoms with E-state index < -0.39 is 0 Å². The van der Waals surface area contributed by atoms with Crippen molar-refractivity contribution < 1.29 is 0 Å². The van der Waals surface area contributed by atoms with Gasteiger partial charge in [-0.25, -0.2) is 0 Å². The first-order valence-corrected chi connectivity index (χ1v) is 9.36. The van der Waals surface area contributed by atoms with Crippen LogP contribution >= 0.6 is 0 Å². The van der Waals surface area contributed by atoms with Gasteiger partial charge in [-0.15, -0.1) is 0 Å². The third kappa shape index (κ3) is 3.47. The molecule has 1 aromatic heterocycles. The summed E-state index contributed by atoms with van der Waals surface area (Å²) in [6.07, 6.45) is 5.65. The molecule has 0 radical (unpaired) electrons. The van der Waals surface area contributed by atoms with Gasteiger partial charge in [0.25, 0.3) is 0 Å². The average molecular weight is 341 g/mol. The van der Waals surface area contributed by atoms with E-state index in [4.69, 9.17) is 5.26 Å². The van der Waals surface area contributed by atoms with Gasteiger partial charge in [0.2, 0.25) is 0 Å². The summed E-state index contributed by atoms with van der Waals surface area (Å²) in [5.41, 5.74) is 4.14. The van der Waals surface area contributed by atoms with E-state index in [1.807, 2.05) is 30.5 Å². The normalized spacial score (nSPS) is 17.5. The standard InChI is InChI=1S/C23H23N3/c1-17-3-2-11-26(17)12-10-23-14-21-9-8-20(13-22(21)16-25-23)19-6-4-18(15-24)5-7-19/h4-9,13-14,16-17H,2-3,10-12H2,1H3/t17-/m0/s1. The molecule has 3 heteroatoms. The summed E-state index contributed by atoms with van der Waals surface area (Å²) >= 11 is 0. The number of pyridine rings is 1. The van der Waals surface area contributed by atoms with Crippen molar-refractivity contribution in [2.24, 2.45) is 0 Å². The highest BCUT2D eigenvalue weighted by Gasteiger charge is 2.19. The first kappa shape index (κ1) is 16.8. The first-order chi connectivity index (χ1) is 12.7.